The van der Waals surface area contributed by atoms with Gasteiger partial charge in [-0.05, 0) is 68.3 Å². The Kier molecular flexibility index (Phi) is 6.67. The van der Waals surface area contributed by atoms with E-state index in [4.69, 9.17) is 5.26 Å². The maximum absolute atomic E-state index is 13.1. The van der Waals surface area contributed by atoms with Gasteiger partial charge in [-0.25, -0.2) is 13.1 Å². The Morgan fingerprint density at radius 1 is 1.03 bits per heavy atom. The highest BCUT2D eigenvalue weighted by Gasteiger charge is 2.30. The zero-order chi connectivity index (χ0) is 26.1. The number of amides is 2. The van der Waals surface area contributed by atoms with E-state index in [0.717, 1.165) is 0 Å². The number of hydrogen-bond acceptors (Lipinski definition) is 5. The number of fused-ring (bicyclic) bond motifs is 1. The molecule has 0 aliphatic carbocycles. The van der Waals surface area contributed by atoms with Gasteiger partial charge in [0.15, 0.2) is 0 Å². The van der Waals surface area contributed by atoms with E-state index in [1.807, 2.05) is 6.07 Å². The SMILES string of the molecule is CC(C)(C)NS(=O)(=O)c1ccccc1-c1ccc2c(c1)CN(CC(=O)Nc1cccc(C#N)c1)C2=O. The number of anilines is 1. The molecule has 36 heavy (non-hydrogen) atoms. The van der Waals surface area contributed by atoms with Crippen molar-refractivity contribution >= 4 is 27.5 Å². The van der Waals surface area contributed by atoms with Gasteiger partial charge in [0.05, 0.1) is 16.5 Å². The lowest BCUT2D eigenvalue weighted by Gasteiger charge is -2.21. The average molecular weight is 503 g/mol. The lowest BCUT2D eigenvalue weighted by atomic mass is 10.0. The number of carbonyl (C=O) groups is 2. The maximum atomic E-state index is 13.1. The molecule has 4 rings (SSSR count). The summed E-state index contributed by atoms with van der Waals surface area (Å²) in [6, 6.07) is 20.5. The standard InChI is InChI=1S/C27H26N4O4S/c1-27(2,3)30-36(34,35)24-10-5-4-9-22(24)19-11-12-23-20(14-19)16-31(26(23)33)17-25(32)29-21-8-6-7-18(13-21)15-28/h4-14,30H,16-17H2,1-3H3,(H,29,32). The lowest BCUT2D eigenvalue weighted by molar-refractivity contribution is -0.116. The molecule has 1 aliphatic heterocycles. The molecular weight excluding hydrogens is 476 g/mol. The minimum Gasteiger partial charge on any atom is -0.325 e. The molecule has 9 heteroatoms. The van der Waals surface area contributed by atoms with Crippen molar-refractivity contribution in [2.24, 2.45) is 0 Å². The van der Waals surface area contributed by atoms with Crippen molar-refractivity contribution in [1.29, 1.82) is 5.26 Å². The molecule has 0 fully saturated rings. The lowest BCUT2D eigenvalue weighted by Crippen LogP contribution is -2.40. The summed E-state index contributed by atoms with van der Waals surface area (Å²) >= 11 is 0. The number of nitriles is 1. The van der Waals surface area contributed by atoms with Crippen molar-refractivity contribution in [2.45, 2.75) is 37.8 Å². The van der Waals surface area contributed by atoms with Crippen molar-refractivity contribution in [1.82, 2.24) is 9.62 Å². The molecule has 0 radical (unpaired) electrons. The van der Waals surface area contributed by atoms with Crippen LogP contribution < -0.4 is 10.0 Å². The number of hydrogen-bond donors (Lipinski definition) is 2. The topological polar surface area (TPSA) is 119 Å². The summed E-state index contributed by atoms with van der Waals surface area (Å²) in [6.45, 7) is 5.40. The van der Waals surface area contributed by atoms with Crippen LogP contribution in [0.3, 0.4) is 0 Å². The van der Waals surface area contributed by atoms with Crippen LogP contribution in [0.25, 0.3) is 11.1 Å². The Hall–Kier alpha value is -4.00. The van der Waals surface area contributed by atoms with E-state index in [-0.39, 0.29) is 29.8 Å². The molecule has 0 saturated carbocycles. The third-order valence-electron chi connectivity index (χ3n) is 5.52. The molecule has 1 aliphatic rings. The fraction of sp³-hybridized carbons (Fsp3) is 0.222. The van der Waals surface area contributed by atoms with Crippen LogP contribution >= 0.6 is 0 Å². The Bertz CT molecular complexity index is 1500. The van der Waals surface area contributed by atoms with E-state index in [2.05, 4.69) is 10.0 Å². The summed E-state index contributed by atoms with van der Waals surface area (Å²) in [6.07, 6.45) is 0. The second kappa shape index (κ2) is 9.57. The fourth-order valence-corrected chi connectivity index (χ4v) is 5.76. The van der Waals surface area contributed by atoms with E-state index in [1.54, 1.807) is 87.5 Å². The third kappa shape index (κ3) is 5.46. The fourth-order valence-electron chi connectivity index (χ4n) is 4.11. The molecule has 2 amide bonds. The zero-order valence-electron chi connectivity index (χ0n) is 20.2. The van der Waals surface area contributed by atoms with Crippen molar-refractivity contribution in [3.63, 3.8) is 0 Å². The van der Waals surface area contributed by atoms with Gasteiger partial charge in [0.1, 0.15) is 6.54 Å². The number of sulfonamides is 1. The van der Waals surface area contributed by atoms with Crippen LogP contribution in [-0.2, 0) is 21.4 Å². The highest BCUT2D eigenvalue weighted by Crippen LogP contribution is 2.32. The molecule has 2 N–H and O–H groups in total. The quantitative estimate of drug-likeness (QED) is 0.530. The number of benzene rings is 3. The first-order chi connectivity index (χ1) is 17.0. The number of carbonyl (C=O) groups excluding carboxylic acids is 2. The molecule has 0 aromatic heterocycles. The molecule has 184 valence electrons. The van der Waals surface area contributed by atoms with Crippen molar-refractivity contribution in [3.05, 3.63) is 83.4 Å². The van der Waals surface area contributed by atoms with Gasteiger partial charge in [0, 0.05) is 28.9 Å². The van der Waals surface area contributed by atoms with Crippen LogP contribution in [0, 0.1) is 11.3 Å². The van der Waals surface area contributed by atoms with Gasteiger partial charge in [-0.3, -0.25) is 9.59 Å². The predicted molar refractivity (Wildman–Crippen MR) is 136 cm³/mol. The highest BCUT2D eigenvalue weighted by atomic mass is 32.2. The summed E-state index contributed by atoms with van der Waals surface area (Å²) < 4.78 is 28.8. The first-order valence-corrected chi connectivity index (χ1v) is 12.8. The molecule has 8 nitrogen and oxygen atoms in total. The van der Waals surface area contributed by atoms with Gasteiger partial charge in [-0.2, -0.15) is 5.26 Å². The monoisotopic (exact) mass is 502 g/mol. The van der Waals surface area contributed by atoms with Gasteiger partial charge in [0.25, 0.3) is 5.91 Å². The predicted octanol–water partition coefficient (Wildman–Crippen LogP) is 3.90. The van der Waals surface area contributed by atoms with E-state index in [0.29, 0.717) is 33.5 Å². The van der Waals surface area contributed by atoms with Crippen LogP contribution in [0.4, 0.5) is 5.69 Å². The molecule has 0 saturated heterocycles. The average Bonchev–Trinajstić information content (AvgIpc) is 3.12. The van der Waals surface area contributed by atoms with Crippen LogP contribution in [0.2, 0.25) is 0 Å². The molecule has 3 aromatic rings. The summed E-state index contributed by atoms with van der Waals surface area (Å²) in [5.74, 6) is -0.649. The first kappa shape index (κ1) is 25.1. The summed E-state index contributed by atoms with van der Waals surface area (Å²) in [5.41, 5.74) is 2.64. The minimum absolute atomic E-state index is 0.153. The van der Waals surface area contributed by atoms with E-state index in [1.165, 1.54) is 4.90 Å². The van der Waals surface area contributed by atoms with Crippen molar-refractivity contribution in [2.75, 3.05) is 11.9 Å². The van der Waals surface area contributed by atoms with Crippen LogP contribution in [0.5, 0.6) is 0 Å². The normalized spacial score (nSPS) is 13.3. The Morgan fingerprint density at radius 2 is 1.78 bits per heavy atom. The van der Waals surface area contributed by atoms with E-state index in [9.17, 15) is 18.0 Å². The molecule has 1 heterocycles. The highest BCUT2D eigenvalue weighted by molar-refractivity contribution is 7.89. The molecule has 0 atom stereocenters. The molecule has 0 unspecified atom stereocenters. The van der Waals surface area contributed by atoms with Crippen molar-refractivity contribution in [3.8, 4) is 17.2 Å². The number of rotatable bonds is 6. The second-order valence-corrected chi connectivity index (χ2v) is 11.3. The second-order valence-electron chi connectivity index (χ2n) is 9.63. The zero-order valence-corrected chi connectivity index (χ0v) is 21.0. The van der Waals surface area contributed by atoms with Crippen molar-refractivity contribution < 1.29 is 18.0 Å². The molecule has 0 spiro atoms. The molecule has 0 bridgehead atoms. The van der Waals surface area contributed by atoms with Gasteiger partial charge in [0.2, 0.25) is 15.9 Å². The Balaban J connectivity index is 1.55. The summed E-state index contributed by atoms with van der Waals surface area (Å²) in [5, 5.41) is 11.7. The van der Waals surface area contributed by atoms with E-state index < -0.39 is 15.6 Å². The molecule has 3 aromatic carbocycles. The first-order valence-electron chi connectivity index (χ1n) is 11.3. The summed E-state index contributed by atoms with van der Waals surface area (Å²) in [7, 11) is -3.78. The maximum Gasteiger partial charge on any atom is 0.254 e. The Morgan fingerprint density at radius 3 is 2.50 bits per heavy atom. The third-order valence-corrected chi connectivity index (χ3v) is 7.34. The number of nitrogens with one attached hydrogen (secondary N) is 2. The van der Waals surface area contributed by atoms with Crippen LogP contribution in [-0.4, -0.2) is 37.2 Å². The molecular formula is C27H26N4O4S. The Labute approximate surface area is 210 Å². The number of nitrogens with zero attached hydrogens (tertiary/aromatic N) is 2. The van der Waals surface area contributed by atoms with Crippen LogP contribution in [0.1, 0.15) is 42.3 Å². The summed E-state index contributed by atoms with van der Waals surface area (Å²) in [4.78, 5) is 27.1. The van der Waals surface area contributed by atoms with Gasteiger partial charge in [-0.1, -0.05) is 30.3 Å². The van der Waals surface area contributed by atoms with E-state index >= 15 is 0 Å². The smallest absolute Gasteiger partial charge is 0.254 e. The minimum atomic E-state index is -3.78. The van der Waals surface area contributed by atoms with Gasteiger partial charge < -0.3 is 10.2 Å². The van der Waals surface area contributed by atoms with Gasteiger partial charge >= 0.3 is 0 Å². The van der Waals surface area contributed by atoms with Gasteiger partial charge in [-0.15, -0.1) is 0 Å². The van der Waals surface area contributed by atoms with Crippen LogP contribution in [0.15, 0.2) is 71.6 Å². The largest absolute Gasteiger partial charge is 0.325 e.